The van der Waals surface area contributed by atoms with Gasteiger partial charge in [-0.1, -0.05) is 15.9 Å². The average Bonchev–Trinajstić information content (AvgIpc) is 2.46. The molecule has 1 N–H and O–H groups in total. The molecule has 0 saturated carbocycles. The molecule has 1 aromatic carbocycles. The molecule has 0 aliphatic carbocycles. The van der Waals surface area contributed by atoms with Gasteiger partial charge in [-0.25, -0.2) is 0 Å². The van der Waals surface area contributed by atoms with Crippen LogP contribution in [-0.4, -0.2) is 36.1 Å². The highest BCUT2D eigenvalue weighted by Gasteiger charge is 2.79. The predicted molar refractivity (Wildman–Crippen MR) is 69.7 cm³/mol. The molecule has 15 heteroatoms. The Kier molecular flexibility index (Phi) is 6.13. The van der Waals surface area contributed by atoms with Crippen LogP contribution < -0.4 is 5.32 Å². The van der Waals surface area contributed by atoms with Crippen LogP contribution in [0.2, 0.25) is 0 Å². The molecular weight excluding hydrogens is 479 g/mol. The van der Waals surface area contributed by atoms with E-state index < -0.39 is 41.8 Å². The number of ether oxygens (including phenoxy) is 1. The highest BCUT2D eigenvalue weighted by molar-refractivity contribution is 9.10. The smallest absolute Gasteiger partial charge is 0.321 e. The molecule has 0 aliphatic rings. The van der Waals surface area contributed by atoms with Crippen molar-refractivity contribution < 1.29 is 57.8 Å². The maximum absolute atomic E-state index is 13.9. The van der Waals surface area contributed by atoms with Crippen molar-refractivity contribution in [2.24, 2.45) is 0 Å². The van der Waals surface area contributed by atoms with Crippen molar-refractivity contribution in [3.63, 3.8) is 0 Å². The Bertz CT molecular complexity index is 686. The first-order valence-corrected chi connectivity index (χ1v) is 6.99. The number of carbonyl (C=O) groups excluding carboxylic acids is 1. The van der Waals surface area contributed by atoms with Crippen LogP contribution in [0, 0.1) is 0 Å². The molecule has 27 heavy (non-hydrogen) atoms. The van der Waals surface area contributed by atoms with E-state index in [2.05, 4.69) is 20.7 Å². The first-order chi connectivity index (χ1) is 11.8. The van der Waals surface area contributed by atoms with E-state index >= 15 is 0 Å². The molecule has 3 nitrogen and oxygen atoms in total. The molecule has 0 spiro atoms. The van der Waals surface area contributed by atoms with Crippen LogP contribution in [0.5, 0.6) is 0 Å². The third kappa shape index (κ3) is 4.62. The summed E-state index contributed by atoms with van der Waals surface area (Å²) in [6.45, 7) is 0. The van der Waals surface area contributed by atoms with Crippen molar-refractivity contribution in [3.8, 4) is 0 Å². The first-order valence-electron chi connectivity index (χ1n) is 6.20. The maximum Gasteiger partial charge on any atom is 0.462 e. The number of carbonyl (C=O) groups is 1. The lowest BCUT2D eigenvalue weighted by Gasteiger charge is -2.34. The van der Waals surface area contributed by atoms with Gasteiger partial charge in [0.15, 0.2) is 0 Å². The lowest BCUT2D eigenvalue weighted by molar-refractivity contribution is -0.472. The predicted octanol–water partition coefficient (Wildman–Crippen LogP) is 5.42. The van der Waals surface area contributed by atoms with E-state index in [4.69, 9.17) is 0 Å². The minimum absolute atomic E-state index is 0.315. The SMILES string of the molecule is O=C(Nc1ccc(Br)cc1)[C@@](F)(OC(F)(F)C(F)(F)C(F)(F)F)C(F)(F)F. The van der Waals surface area contributed by atoms with E-state index in [1.54, 1.807) is 0 Å². The summed E-state index contributed by atoms with van der Waals surface area (Å²) in [7, 11) is 0. The molecule has 0 fully saturated rings. The van der Waals surface area contributed by atoms with Gasteiger partial charge in [0.05, 0.1) is 0 Å². The standard InChI is InChI=1S/C12H5BrF11NO2/c13-5-1-3-6(4-2-5)25-7(26)8(14,10(17,18)19)27-12(23,24)9(15,16)11(20,21)22/h1-4H,(H,25,26)/t8-/m1/s1. The van der Waals surface area contributed by atoms with Crippen LogP contribution in [0.15, 0.2) is 28.7 Å². The Morgan fingerprint density at radius 2 is 1.26 bits per heavy atom. The number of hydrogen-bond donors (Lipinski definition) is 1. The van der Waals surface area contributed by atoms with Crippen molar-refractivity contribution >= 4 is 27.5 Å². The number of nitrogens with one attached hydrogen (secondary N) is 1. The molecular formula is C12H5BrF11NO2. The zero-order valence-electron chi connectivity index (χ0n) is 12.2. The van der Waals surface area contributed by atoms with Gasteiger partial charge in [0.2, 0.25) is 0 Å². The zero-order valence-corrected chi connectivity index (χ0v) is 13.7. The summed E-state index contributed by atoms with van der Waals surface area (Å²) in [6, 6.07) is 3.86. The van der Waals surface area contributed by atoms with Crippen LogP contribution in [0.4, 0.5) is 54.0 Å². The van der Waals surface area contributed by atoms with Gasteiger partial charge in [-0.2, -0.15) is 48.3 Å². The summed E-state index contributed by atoms with van der Waals surface area (Å²) >= 11 is 2.88. The molecule has 154 valence electrons. The average molecular weight is 484 g/mol. The van der Waals surface area contributed by atoms with Crippen LogP contribution in [0.3, 0.4) is 0 Å². The maximum atomic E-state index is 13.9. The molecule has 0 aliphatic heterocycles. The largest absolute Gasteiger partial charge is 0.462 e. The Morgan fingerprint density at radius 1 is 0.815 bits per heavy atom. The van der Waals surface area contributed by atoms with Gasteiger partial charge < -0.3 is 5.32 Å². The minimum atomic E-state index is -7.24. The monoisotopic (exact) mass is 483 g/mol. The second-order valence-electron chi connectivity index (χ2n) is 4.75. The molecule has 1 rings (SSSR count). The number of alkyl halides is 11. The summed E-state index contributed by atoms with van der Waals surface area (Å²) in [4.78, 5) is 11.4. The van der Waals surface area contributed by atoms with E-state index in [1.807, 2.05) is 0 Å². The summed E-state index contributed by atoms with van der Waals surface area (Å²) in [5.41, 5.74) is -0.635. The van der Waals surface area contributed by atoms with Crippen molar-refractivity contribution in [2.45, 2.75) is 30.2 Å². The van der Waals surface area contributed by atoms with Gasteiger partial charge in [0.1, 0.15) is 0 Å². The number of amides is 1. The fourth-order valence-electron chi connectivity index (χ4n) is 1.38. The molecule has 0 radical (unpaired) electrons. The molecule has 1 aromatic rings. The number of benzene rings is 1. The second-order valence-corrected chi connectivity index (χ2v) is 5.66. The zero-order chi connectivity index (χ0) is 21.5. The van der Waals surface area contributed by atoms with Crippen molar-refractivity contribution in [1.29, 1.82) is 0 Å². The normalized spacial score (nSPS) is 16.0. The van der Waals surface area contributed by atoms with Crippen LogP contribution in [0.1, 0.15) is 0 Å². The second kappa shape index (κ2) is 7.07. The topological polar surface area (TPSA) is 38.3 Å². The van der Waals surface area contributed by atoms with Crippen LogP contribution in [-0.2, 0) is 9.53 Å². The van der Waals surface area contributed by atoms with E-state index in [0.717, 1.165) is 29.6 Å². The summed E-state index contributed by atoms with van der Waals surface area (Å²) < 4.78 is 142. The van der Waals surface area contributed by atoms with Gasteiger partial charge in [-0.05, 0) is 24.3 Å². The highest BCUT2D eigenvalue weighted by atomic mass is 79.9. The van der Waals surface area contributed by atoms with Gasteiger partial charge in [0, 0.05) is 10.2 Å². The number of rotatable bonds is 5. The fourth-order valence-corrected chi connectivity index (χ4v) is 1.65. The third-order valence-electron chi connectivity index (χ3n) is 2.75. The minimum Gasteiger partial charge on any atom is -0.321 e. The quantitative estimate of drug-likeness (QED) is 0.568. The molecule has 1 amide bonds. The van der Waals surface area contributed by atoms with E-state index in [-0.39, 0.29) is 0 Å². The molecule has 0 heterocycles. The summed E-state index contributed by atoms with van der Waals surface area (Å²) in [6.07, 6.45) is -20.9. The van der Waals surface area contributed by atoms with Crippen LogP contribution in [0.25, 0.3) is 0 Å². The van der Waals surface area contributed by atoms with E-state index in [9.17, 15) is 53.1 Å². The van der Waals surface area contributed by atoms with Crippen molar-refractivity contribution in [3.05, 3.63) is 28.7 Å². The lowest BCUT2D eigenvalue weighted by atomic mass is 10.2. The van der Waals surface area contributed by atoms with Gasteiger partial charge >= 0.3 is 30.2 Å². The van der Waals surface area contributed by atoms with E-state index in [0.29, 0.717) is 4.47 Å². The molecule has 0 unspecified atom stereocenters. The lowest BCUT2D eigenvalue weighted by Crippen LogP contribution is -2.62. The Morgan fingerprint density at radius 3 is 1.63 bits per heavy atom. The van der Waals surface area contributed by atoms with Crippen molar-refractivity contribution in [1.82, 2.24) is 0 Å². The molecule has 0 saturated heterocycles. The number of anilines is 1. The third-order valence-corrected chi connectivity index (χ3v) is 3.28. The summed E-state index contributed by atoms with van der Waals surface area (Å²) in [5, 5.41) is 1.09. The highest BCUT2D eigenvalue weighted by Crippen LogP contribution is 2.51. The Labute approximate surface area is 150 Å². The van der Waals surface area contributed by atoms with Crippen molar-refractivity contribution in [2.75, 3.05) is 5.32 Å². The number of halogens is 12. The van der Waals surface area contributed by atoms with Crippen LogP contribution >= 0.6 is 15.9 Å². The number of hydrogen-bond acceptors (Lipinski definition) is 2. The first kappa shape index (κ1) is 23.4. The Hall–Kier alpha value is -1.64. The molecule has 1 atom stereocenters. The Balaban J connectivity index is 3.27. The van der Waals surface area contributed by atoms with Gasteiger partial charge in [-0.15, -0.1) is 0 Å². The van der Waals surface area contributed by atoms with Gasteiger partial charge in [-0.3, -0.25) is 9.53 Å². The van der Waals surface area contributed by atoms with E-state index in [1.165, 1.54) is 0 Å². The molecule has 0 bridgehead atoms. The summed E-state index contributed by atoms with van der Waals surface area (Å²) in [5.74, 6) is -16.6. The van der Waals surface area contributed by atoms with Gasteiger partial charge in [0.25, 0.3) is 5.91 Å². The fraction of sp³-hybridized carbons (Fsp3) is 0.417. The molecule has 0 aromatic heterocycles.